The first kappa shape index (κ1) is 23.1. The highest BCUT2D eigenvalue weighted by molar-refractivity contribution is 5.93. The van der Waals surface area contributed by atoms with Gasteiger partial charge in [0.1, 0.15) is 5.60 Å². The van der Waals surface area contributed by atoms with Crippen LogP contribution in [0.4, 0.5) is 4.79 Å². The predicted molar refractivity (Wildman–Crippen MR) is 125 cm³/mol. The third-order valence-corrected chi connectivity index (χ3v) is 6.21. The molecule has 1 saturated carbocycles. The molecular formula is C25H29N5O5. The van der Waals surface area contributed by atoms with Crippen LogP contribution in [0.2, 0.25) is 0 Å². The van der Waals surface area contributed by atoms with Gasteiger partial charge in [0, 0.05) is 36.7 Å². The van der Waals surface area contributed by atoms with Crippen molar-refractivity contribution in [2.24, 2.45) is 0 Å². The van der Waals surface area contributed by atoms with E-state index in [1.54, 1.807) is 11.0 Å². The standard InChI is InChI=1S/C25H29N5O5/c1-14-6-5-7-15(8-14)20-11-19(29-35-20)21(31)26-18-9-16(10-18)22-27-28-23(33-22)17-12-30(13-17)24(32)34-25(2,3)4/h5-8,11,16-18H,9-10,12-13H2,1-4H3,(H,26,31)/t16-,18-. The van der Waals surface area contributed by atoms with Crippen LogP contribution in [0.25, 0.3) is 11.3 Å². The molecular weight excluding hydrogens is 450 g/mol. The normalized spacial score (nSPS) is 20.2. The molecule has 2 amide bonds. The van der Waals surface area contributed by atoms with E-state index in [0.717, 1.165) is 11.1 Å². The van der Waals surface area contributed by atoms with Crippen LogP contribution in [0.3, 0.4) is 0 Å². The van der Waals surface area contributed by atoms with Gasteiger partial charge in [0.2, 0.25) is 11.8 Å². The Morgan fingerprint density at radius 3 is 2.49 bits per heavy atom. The molecule has 2 aromatic heterocycles. The minimum atomic E-state index is -0.521. The molecule has 0 radical (unpaired) electrons. The zero-order valence-corrected chi connectivity index (χ0v) is 20.3. The molecule has 2 aliphatic rings. The minimum absolute atomic E-state index is 0.00772. The maximum atomic E-state index is 12.6. The molecule has 1 aromatic carbocycles. The number of ether oxygens (including phenoxy) is 1. The van der Waals surface area contributed by atoms with Gasteiger partial charge in [0.05, 0.1) is 5.92 Å². The SMILES string of the molecule is Cc1cccc(-c2cc(C(=O)N[C@H]3C[C@H](c4nnc(C5CN(C(=O)OC(C)(C)C)C5)o4)C3)no2)c1. The second-order valence-electron chi connectivity index (χ2n) is 10.3. The van der Waals surface area contributed by atoms with Crippen LogP contribution in [0, 0.1) is 6.92 Å². The van der Waals surface area contributed by atoms with E-state index in [9.17, 15) is 9.59 Å². The Bertz CT molecular complexity index is 1230. The average molecular weight is 480 g/mol. The van der Waals surface area contributed by atoms with Crippen LogP contribution in [0.5, 0.6) is 0 Å². The van der Waals surface area contributed by atoms with Gasteiger partial charge >= 0.3 is 6.09 Å². The van der Waals surface area contributed by atoms with Crippen molar-refractivity contribution in [3.8, 4) is 11.3 Å². The summed E-state index contributed by atoms with van der Waals surface area (Å²) >= 11 is 0. The third-order valence-electron chi connectivity index (χ3n) is 6.21. The summed E-state index contributed by atoms with van der Waals surface area (Å²) in [4.78, 5) is 26.3. The van der Waals surface area contributed by atoms with Crippen LogP contribution in [0.15, 0.2) is 39.3 Å². The fourth-order valence-electron chi connectivity index (χ4n) is 4.20. The maximum absolute atomic E-state index is 12.6. The molecule has 1 aliphatic heterocycles. The number of aryl methyl sites for hydroxylation is 1. The molecule has 1 N–H and O–H groups in total. The Hall–Kier alpha value is -3.69. The summed E-state index contributed by atoms with van der Waals surface area (Å²) in [5, 5.41) is 15.3. The van der Waals surface area contributed by atoms with Crippen LogP contribution >= 0.6 is 0 Å². The number of carbonyl (C=O) groups is 2. The van der Waals surface area contributed by atoms with Crippen LogP contribution < -0.4 is 5.32 Å². The van der Waals surface area contributed by atoms with Crippen molar-refractivity contribution in [2.45, 2.75) is 64.0 Å². The molecule has 10 nitrogen and oxygen atoms in total. The number of nitrogens with one attached hydrogen (secondary N) is 1. The van der Waals surface area contributed by atoms with Gasteiger partial charge in [0.15, 0.2) is 11.5 Å². The lowest BCUT2D eigenvalue weighted by Crippen LogP contribution is -2.50. The van der Waals surface area contributed by atoms with E-state index in [1.165, 1.54) is 0 Å². The summed E-state index contributed by atoms with van der Waals surface area (Å²) in [5.41, 5.74) is 1.72. The zero-order chi connectivity index (χ0) is 24.7. The first-order chi connectivity index (χ1) is 16.6. The van der Waals surface area contributed by atoms with Crippen molar-refractivity contribution in [1.29, 1.82) is 0 Å². The molecule has 1 aliphatic carbocycles. The van der Waals surface area contributed by atoms with Crippen LogP contribution in [-0.4, -0.2) is 57.0 Å². The monoisotopic (exact) mass is 479 g/mol. The molecule has 0 atom stereocenters. The number of carbonyl (C=O) groups excluding carboxylic acids is 2. The smallest absolute Gasteiger partial charge is 0.410 e. The fraction of sp³-hybridized carbons (Fsp3) is 0.480. The first-order valence-corrected chi connectivity index (χ1v) is 11.8. The highest BCUT2D eigenvalue weighted by Crippen LogP contribution is 2.38. The number of hydrogen-bond acceptors (Lipinski definition) is 8. The van der Waals surface area contributed by atoms with E-state index in [0.29, 0.717) is 43.5 Å². The first-order valence-electron chi connectivity index (χ1n) is 11.8. The summed E-state index contributed by atoms with van der Waals surface area (Å²) in [5.74, 6) is 1.53. The molecule has 10 heteroatoms. The number of amides is 2. The third kappa shape index (κ3) is 5.06. The van der Waals surface area contributed by atoms with Crippen LogP contribution in [-0.2, 0) is 4.74 Å². The number of likely N-dealkylation sites (tertiary alicyclic amines) is 1. The minimum Gasteiger partial charge on any atom is -0.444 e. The van der Waals surface area contributed by atoms with Crippen molar-refractivity contribution in [3.63, 3.8) is 0 Å². The van der Waals surface area contributed by atoms with E-state index in [-0.39, 0.29) is 35.6 Å². The summed E-state index contributed by atoms with van der Waals surface area (Å²) in [6.07, 6.45) is 1.10. The van der Waals surface area contributed by atoms with Crippen molar-refractivity contribution in [2.75, 3.05) is 13.1 Å². The van der Waals surface area contributed by atoms with Gasteiger partial charge in [-0.05, 0) is 46.6 Å². The second-order valence-corrected chi connectivity index (χ2v) is 10.3. The summed E-state index contributed by atoms with van der Waals surface area (Å²) in [6.45, 7) is 8.53. The van der Waals surface area contributed by atoms with Crippen LogP contribution in [0.1, 0.15) is 73.3 Å². The molecule has 2 fully saturated rings. The van der Waals surface area contributed by atoms with Gasteiger partial charge in [-0.1, -0.05) is 28.9 Å². The van der Waals surface area contributed by atoms with Crippen molar-refractivity contribution < 1.29 is 23.3 Å². The Kier molecular flexibility index (Phi) is 5.82. The number of hydrogen-bond donors (Lipinski definition) is 1. The maximum Gasteiger partial charge on any atom is 0.410 e. The van der Waals surface area contributed by atoms with Gasteiger partial charge in [-0.2, -0.15) is 0 Å². The molecule has 35 heavy (non-hydrogen) atoms. The van der Waals surface area contributed by atoms with Gasteiger partial charge in [-0.25, -0.2) is 4.79 Å². The summed E-state index contributed by atoms with van der Waals surface area (Å²) in [6, 6.07) is 9.50. The molecule has 5 rings (SSSR count). The number of benzene rings is 1. The van der Waals surface area contributed by atoms with E-state index in [2.05, 4.69) is 20.7 Å². The Labute approximate surface area is 203 Å². The lowest BCUT2D eigenvalue weighted by Gasteiger charge is -2.38. The van der Waals surface area contributed by atoms with Crippen molar-refractivity contribution in [3.05, 3.63) is 53.4 Å². The number of rotatable bonds is 5. The lowest BCUT2D eigenvalue weighted by molar-refractivity contribution is 0.00586. The summed E-state index contributed by atoms with van der Waals surface area (Å²) in [7, 11) is 0. The predicted octanol–water partition coefficient (Wildman–Crippen LogP) is 4.04. The van der Waals surface area contributed by atoms with Gasteiger partial charge in [0.25, 0.3) is 5.91 Å². The Morgan fingerprint density at radius 2 is 1.80 bits per heavy atom. The molecule has 0 bridgehead atoms. The Morgan fingerprint density at radius 1 is 1.09 bits per heavy atom. The van der Waals surface area contributed by atoms with E-state index < -0.39 is 5.60 Å². The highest BCUT2D eigenvalue weighted by atomic mass is 16.6. The van der Waals surface area contributed by atoms with Gasteiger partial charge < -0.3 is 23.9 Å². The molecule has 184 valence electrons. The quantitative estimate of drug-likeness (QED) is 0.581. The summed E-state index contributed by atoms with van der Waals surface area (Å²) < 4.78 is 16.6. The van der Waals surface area contributed by atoms with Gasteiger partial charge in [-0.15, -0.1) is 10.2 Å². The number of aromatic nitrogens is 3. The number of nitrogens with zero attached hydrogens (tertiary/aromatic N) is 4. The molecule has 3 heterocycles. The molecule has 0 spiro atoms. The average Bonchev–Trinajstić information content (AvgIpc) is 3.38. The second kappa shape index (κ2) is 8.83. The van der Waals surface area contributed by atoms with Crippen molar-refractivity contribution in [1.82, 2.24) is 25.6 Å². The van der Waals surface area contributed by atoms with E-state index in [4.69, 9.17) is 13.7 Å². The highest BCUT2D eigenvalue weighted by Gasteiger charge is 2.40. The van der Waals surface area contributed by atoms with E-state index >= 15 is 0 Å². The molecule has 0 unspecified atom stereocenters. The lowest BCUT2D eigenvalue weighted by atomic mass is 9.80. The molecule has 1 saturated heterocycles. The Balaban J connectivity index is 1.09. The zero-order valence-electron chi connectivity index (χ0n) is 20.3. The molecule has 3 aromatic rings. The van der Waals surface area contributed by atoms with Gasteiger partial charge in [-0.3, -0.25) is 4.79 Å². The largest absolute Gasteiger partial charge is 0.444 e. The van der Waals surface area contributed by atoms with E-state index in [1.807, 2.05) is 52.0 Å². The topological polar surface area (TPSA) is 124 Å². The fourth-order valence-corrected chi connectivity index (χ4v) is 4.20. The van der Waals surface area contributed by atoms with Crippen molar-refractivity contribution >= 4 is 12.0 Å².